The van der Waals surface area contributed by atoms with Gasteiger partial charge in [-0.1, -0.05) is 30.3 Å². The van der Waals surface area contributed by atoms with E-state index in [9.17, 15) is 9.36 Å². The highest BCUT2D eigenvalue weighted by atomic mass is 31.2. The number of carbonyl (C=O) groups is 1. The lowest BCUT2D eigenvalue weighted by atomic mass is 10.2. The van der Waals surface area contributed by atoms with Crippen molar-refractivity contribution in [1.29, 1.82) is 5.41 Å². The van der Waals surface area contributed by atoms with Crippen molar-refractivity contribution in [3.8, 4) is 0 Å². The van der Waals surface area contributed by atoms with E-state index < -0.39 is 13.6 Å². The third-order valence-corrected chi connectivity index (χ3v) is 5.67. The molecule has 3 atom stereocenters. The highest BCUT2D eigenvalue weighted by Gasteiger charge is 2.37. The van der Waals surface area contributed by atoms with E-state index in [1.165, 1.54) is 13.4 Å². The number of nitrogens with zero attached hydrogens (tertiary/aromatic N) is 3. The molecular weight excluding hydrogens is 385 g/mol. The Bertz CT molecular complexity index is 844. The summed E-state index contributed by atoms with van der Waals surface area (Å²) in [6, 6.07) is 8.61. The molecule has 0 bridgehead atoms. The zero-order valence-corrected chi connectivity index (χ0v) is 16.5. The number of amides is 1. The van der Waals surface area contributed by atoms with Crippen molar-refractivity contribution in [3.05, 3.63) is 35.9 Å². The number of hydrogen-bond donors (Lipinski definition) is 2. The van der Waals surface area contributed by atoms with E-state index in [2.05, 4.69) is 15.3 Å². The molecule has 1 amide bonds. The first kappa shape index (κ1) is 20.3. The molecule has 2 heterocycles. The molecule has 2 aliphatic heterocycles. The first-order chi connectivity index (χ1) is 13.4. The summed E-state index contributed by atoms with van der Waals surface area (Å²) in [5.74, 6) is -0.238. The van der Waals surface area contributed by atoms with Crippen LogP contribution in [0.15, 0.2) is 40.3 Å². The van der Waals surface area contributed by atoms with Crippen LogP contribution in [0.3, 0.4) is 0 Å². The van der Waals surface area contributed by atoms with Crippen molar-refractivity contribution in [2.24, 2.45) is 9.98 Å². The molecule has 0 aliphatic carbocycles. The van der Waals surface area contributed by atoms with Crippen LogP contribution in [0, 0.1) is 5.41 Å². The average Bonchev–Trinajstić information content (AvgIpc) is 3.08. The number of rotatable bonds is 9. The highest BCUT2D eigenvalue weighted by molar-refractivity contribution is 7.53. The lowest BCUT2D eigenvalue weighted by Gasteiger charge is -2.25. The molecule has 0 saturated heterocycles. The van der Waals surface area contributed by atoms with Crippen molar-refractivity contribution in [3.63, 3.8) is 0 Å². The summed E-state index contributed by atoms with van der Waals surface area (Å²) in [6.45, 7) is 2.26. The molecule has 11 heteroatoms. The van der Waals surface area contributed by atoms with Crippen LogP contribution in [-0.4, -0.2) is 61.1 Å². The molecule has 0 fully saturated rings. The number of guanidine groups is 1. The maximum absolute atomic E-state index is 12.7. The van der Waals surface area contributed by atoms with Crippen LogP contribution < -0.4 is 5.32 Å². The Balaban J connectivity index is 1.52. The summed E-state index contributed by atoms with van der Waals surface area (Å²) in [6.07, 6.45) is 0.897. The van der Waals surface area contributed by atoms with E-state index in [1.54, 1.807) is 11.8 Å². The van der Waals surface area contributed by atoms with Gasteiger partial charge in [0, 0.05) is 7.11 Å². The van der Waals surface area contributed by atoms with Gasteiger partial charge in [0.25, 0.3) is 5.91 Å². The lowest BCUT2D eigenvalue weighted by molar-refractivity contribution is -0.119. The summed E-state index contributed by atoms with van der Waals surface area (Å²) in [7, 11) is -2.10. The van der Waals surface area contributed by atoms with Gasteiger partial charge in [0.15, 0.2) is 6.04 Å². The van der Waals surface area contributed by atoms with Gasteiger partial charge in [-0.15, -0.1) is 0 Å². The predicted molar refractivity (Wildman–Crippen MR) is 104 cm³/mol. The standard InChI is InChI=1S/C17H22N5O5P/c1-12(8-22-10-19-14-15(22)20-17(18)21-16(14)23)26-11-28(24,25-2)27-9-13-6-4-3-5-7-13/h3-7,10,12,14H,8-9,11H2,1-2H3,(H2,18,21,23). The monoisotopic (exact) mass is 407 g/mol. The minimum absolute atomic E-state index is 0.151. The maximum Gasteiger partial charge on any atom is 0.356 e. The number of nitrogens with one attached hydrogen (secondary N) is 2. The summed E-state index contributed by atoms with van der Waals surface area (Å²) in [5, 5.41) is 9.87. The molecule has 150 valence electrons. The fraction of sp³-hybridized carbons (Fsp3) is 0.412. The second kappa shape index (κ2) is 8.74. The zero-order chi connectivity index (χ0) is 20.1. The quantitative estimate of drug-likeness (QED) is 0.599. The Hall–Kier alpha value is -2.39. The smallest absolute Gasteiger partial charge is 0.356 e. The van der Waals surface area contributed by atoms with E-state index in [-0.39, 0.29) is 30.9 Å². The Morgan fingerprint density at radius 1 is 1.36 bits per heavy atom. The number of benzene rings is 1. The van der Waals surface area contributed by atoms with Crippen LogP contribution in [0.4, 0.5) is 0 Å². The van der Waals surface area contributed by atoms with Crippen LogP contribution in [0.1, 0.15) is 12.5 Å². The molecule has 2 aliphatic rings. The second-order valence-electron chi connectivity index (χ2n) is 6.29. The Morgan fingerprint density at radius 2 is 2.11 bits per heavy atom. The Kier molecular flexibility index (Phi) is 6.35. The molecule has 1 aromatic rings. The van der Waals surface area contributed by atoms with E-state index in [1.807, 2.05) is 30.3 Å². The minimum atomic E-state index is -3.42. The van der Waals surface area contributed by atoms with Crippen molar-refractivity contribution in [2.45, 2.75) is 25.7 Å². The summed E-state index contributed by atoms with van der Waals surface area (Å²) in [5.41, 5.74) is 0.878. The molecule has 3 unspecified atom stereocenters. The second-order valence-corrected chi connectivity index (χ2v) is 8.39. The molecule has 3 rings (SSSR count). The summed E-state index contributed by atoms with van der Waals surface area (Å²) in [4.78, 5) is 21.6. The molecule has 0 spiro atoms. The van der Waals surface area contributed by atoms with Gasteiger partial charge < -0.3 is 18.7 Å². The van der Waals surface area contributed by atoms with Crippen LogP contribution in [0.25, 0.3) is 0 Å². The molecule has 0 saturated carbocycles. The molecule has 1 aromatic carbocycles. The number of carbonyl (C=O) groups excluding carboxylic acids is 1. The minimum Gasteiger partial charge on any atom is -0.364 e. The Morgan fingerprint density at radius 3 is 2.82 bits per heavy atom. The largest absolute Gasteiger partial charge is 0.364 e. The van der Waals surface area contributed by atoms with Gasteiger partial charge in [-0.25, -0.2) is 0 Å². The topological polar surface area (TPSA) is 126 Å². The lowest BCUT2D eigenvalue weighted by Crippen LogP contribution is -2.49. The van der Waals surface area contributed by atoms with Crippen molar-refractivity contribution in [1.82, 2.24) is 10.2 Å². The normalized spacial score (nSPS) is 21.7. The molecule has 28 heavy (non-hydrogen) atoms. The van der Waals surface area contributed by atoms with Gasteiger partial charge in [-0.3, -0.25) is 25.1 Å². The third-order valence-electron chi connectivity index (χ3n) is 4.13. The van der Waals surface area contributed by atoms with Gasteiger partial charge in [0.1, 0.15) is 12.2 Å². The first-order valence-electron chi connectivity index (χ1n) is 8.63. The van der Waals surface area contributed by atoms with E-state index in [4.69, 9.17) is 19.2 Å². The predicted octanol–water partition coefficient (Wildman–Crippen LogP) is 1.58. The van der Waals surface area contributed by atoms with Crippen LogP contribution in [0.2, 0.25) is 0 Å². The van der Waals surface area contributed by atoms with Crippen LogP contribution >= 0.6 is 7.60 Å². The van der Waals surface area contributed by atoms with E-state index >= 15 is 0 Å². The van der Waals surface area contributed by atoms with E-state index in [0.29, 0.717) is 12.4 Å². The third kappa shape index (κ3) is 4.90. The van der Waals surface area contributed by atoms with Gasteiger partial charge in [-0.05, 0) is 12.5 Å². The molecule has 0 aromatic heterocycles. The number of aliphatic imine (C=N–C) groups is 2. The Labute approximate surface area is 162 Å². The molecule has 2 N–H and O–H groups in total. The molecule has 0 radical (unpaired) electrons. The average molecular weight is 407 g/mol. The highest BCUT2D eigenvalue weighted by Crippen LogP contribution is 2.48. The molecular formula is C17H22N5O5P. The maximum atomic E-state index is 12.7. The van der Waals surface area contributed by atoms with Gasteiger partial charge in [0.05, 0.1) is 25.6 Å². The number of ether oxygens (including phenoxy) is 1. The van der Waals surface area contributed by atoms with Gasteiger partial charge in [-0.2, -0.15) is 4.99 Å². The fourth-order valence-corrected chi connectivity index (χ4v) is 3.71. The summed E-state index contributed by atoms with van der Waals surface area (Å²) < 4.78 is 28.9. The van der Waals surface area contributed by atoms with Gasteiger partial charge >= 0.3 is 7.60 Å². The first-order valence-corrected chi connectivity index (χ1v) is 10.4. The SMILES string of the molecule is COP(=O)(COC(C)CN1C=NC2C(=O)NC(=N)N=C21)OCc1ccccc1. The van der Waals surface area contributed by atoms with Crippen molar-refractivity contribution < 1.29 is 23.1 Å². The van der Waals surface area contributed by atoms with Crippen LogP contribution in [0.5, 0.6) is 0 Å². The number of amidine groups is 1. The van der Waals surface area contributed by atoms with Crippen molar-refractivity contribution >= 4 is 31.6 Å². The number of fused-ring (bicyclic) bond motifs is 1. The van der Waals surface area contributed by atoms with E-state index in [0.717, 1.165) is 5.56 Å². The zero-order valence-electron chi connectivity index (χ0n) is 15.6. The van der Waals surface area contributed by atoms with Gasteiger partial charge in [0.2, 0.25) is 5.96 Å². The fourth-order valence-electron chi connectivity index (χ4n) is 2.65. The van der Waals surface area contributed by atoms with Crippen molar-refractivity contribution in [2.75, 3.05) is 20.0 Å². The molecule has 10 nitrogen and oxygen atoms in total. The van der Waals surface area contributed by atoms with Crippen LogP contribution in [-0.2, 0) is 29.8 Å². The number of hydrogen-bond acceptors (Lipinski definition) is 8. The summed E-state index contributed by atoms with van der Waals surface area (Å²) >= 11 is 0.